The van der Waals surface area contributed by atoms with Crippen LogP contribution in [-0.4, -0.2) is 28.3 Å². The Balaban J connectivity index is 0.000000467. The number of carbonyl (C=O) groups is 1. The van der Waals surface area contributed by atoms with Gasteiger partial charge in [-0.3, -0.25) is 4.79 Å². The number of ether oxygens (including phenoxy) is 1. The molecule has 5 nitrogen and oxygen atoms in total. The number of benzene rings is 1. The van der Waals surface area contributed by atoms with Crippen LogP contribution in [0.3, 0.4) is 0 Å². The summed E-state index contributed by atoms with van der Waals surface area (Å²) >= 11 is 0. The fourth-order valence-corrected chi connectivity index (χ4v) is 3.14. The molecule has 204 valence electrons. The summed E-state index contributed by atoms with van der Waals surface area (Å²) in [4.78, 5) is 14.7. The first-order chi connectivity index (χ1) is 17.6. The molecule has 1 fully saturated rings. The third-order valence-corrected chi connectivity index (χ3v) is 5.36. The summed E-state index contributed by atoms with van der Waals surface area (Å²) in [5.41, 5.74) is 2.82. The van der Waals surface area contributed by atoms with E-state index in [4.69, 9.17) is 5.11 Å². The number of unbranched alkanes of at least 4 members (excludes halogenated alkanes) is 1. The van der Waals surface area contributed by atoms with Gasteiger partial charge in [-0.15, -0.1) is 13.2 Å². The number of hydrogen-bond donors (Lipinski definition) is 2. The smallest absolute Gasteiger partial charge is 0.406 e. The van der Waals surface area contributed by atoms with Crippen molar-refractivity contribution in [2.45, 2.75) is 84.6 Å². The number of aromatic nitrogens is 1. The lowest BCUT2D eigenvalue weighted by Gasteiger charge is -2.17. The average Bonchev–Trinajstić information content (AvgIpc) is 2.85. The Morgan fingerprint density at radius 2 is 1.81 bits per heavy atom. The van der Waals surface area contributed by atoms with Crippen LogP contribution >= 0.6 is 0 Å². The maximum atomic E-state index is 12.2. The van der Waals surface area contributed by atoms with E-state index in [1.165, 1.54) is 42.3 Å². The Morgan fingerprint density at radius 3 is 2.24 bits per heavy atom. The lowest BCUT2D eigenvalue weighted by molar-refractivity contribution is -0.274. The maximum absolute atomic E-state index is 12.2. The highest BCUT2D eigenvalue weighted by atomic mass is 19.4. The summed E-state index contributed by atoms with van der Waals surface area (Å²) in [5, 5.41) is 11.6. The standard InChI is InChI=1S/C19H21F3N2O.C6H10O.C4H8O/c1-3-5-7-14(4-2)17-8-6-13-23-18(17)24-15-9-11-16(12-10-15)25-19(20,21)22;1-3-5-6(7)4-2;5-4-2-1-3-4/h6-13H,3-5H2,1-2H3,(H,23,24);4H,2-3,5H2,1H3;4-5H,1-3H2/b14-7-;;. The molecule has 0 radical (unpaired) electrons. The molecule has 0 atom stereocenters. The van der Waals surface area contributed by atoms with Crippen molar-refractivity contribution in [3.8, 4) is 5.75 Å². The molecule has 3 rings (SSSR count). The zero-order chi connectivity index (χ0) is 27.7. The molecule has 37 heavy (non-hydrogen) atoms. The minimum absolute atomic E-state index is 0.0648. The predicted octanol–water partition coefficient (Wildman–Crippen LogP) is 8.39. The Labute approximate surface area is 218 Å². The average molecular weight is 521 g/mol. The minimum atomic E-state index is -4.69. The normalized spacial score (nSPS) is 13.2. The molecular weight excluding hydrogens is 481 g/mol. The van der Waals surface area contributed by atoms with Gasteiger partial charge >= 0.3 is 6.36 Å². The first-order valence-corrected chi connectivity index (χ1v) is 12.7. The number of aliphatic hydroxyl groups excluding tert-OH is 1. The molecule has 1 saturated carbocycles. The van der Waals surface area contributed by atoms with Gasteiger partial charge in [-0.05, 0) is 86.6 Å². The largest absolute Gasteiger partial charge is 0.573 e. The van der Waals surface area contributed by atoms with Crippen molar-refractivity contribution in [1.29, 1.82) is 0 Å². The van der Waals surface area contributed by atoms with E-state index in [2.05, 4.69) is 41.5 Å². The van der Waals surface area contributed by atoms with Gasteiger partial charge < -0.3 is 15.2 Å². The quantitative estimate of drug-likeness (QED) is 0.308. The zero-order valence-electron chi connectivity index (χ0n) is 22.0. The number of rotatable bonds is 10. The van der Waals surface area contributed by atoms with E-state index in [9.17, 15) is 18.0 Å². The van der Waals surface area contributed by atoms with Gasteiger partial charge in [-0.2, -0.15) is 0 Å². The van der Waals surface area contributed by atoms with E-state index >= 15 is 0 Å². The summed E-state index contributed by atoms with van der Waals surface area (Å²) < 4.78 is 40.5. The number of aliphatic hydroxyl groups is 1. The van der Waals surface area contributed by atoms with E-state index in [0.29, 0.717) is 17.9 Å². The molecule has 8 heteroatoms. The number of pyridine rings is 1. The fourth-order valence-electron chi connectivity index (χ4n) is 3.14. The lowest BCUT2D eigenvalue weighted by Crippen LogP contribution is -2.17. The fraction of sp³-hybridized carbons (Fsp3) is 0.448. The number of nitrogens with one attached hydrogen (secondary N) is 1. The van der Waals surface area contributed by atoms with Gasteiger partial charge in [-0.1, -0.05) is 39.8 Å². The molecule has 1 aliphatic carbocycles. The van der Waals surface area contributed by atoms with Gasteiger partial charge in [0.15, 0.2) is 5.78 Å². The van der Waals surface area contributed by atoms with E-state index in [1.807, 2.05) is 19.1 Å². The number of halogens is 3. The van der Waals surface area contributed by atoms with Crippen LogP contribution < -0.4 is 10.1 Å². The van der Waals surface area contributed by atoms with Crippen molar-refractivity contribution in [2.24, 2.45) is 0 Å². The Kier molecular flexibility index (Phi) is 15.0. The highest BCUT2D eigenvalue weighted by Gasteiger charge is 2.30. The highest BCUT2D eigenvalue weighted by Crippen LogP contribution is 2.29. The van der Waals surface area contributed by atoms with Crippen molar-refractivity contribution in [1.82, 2.24) is 4.98 Å². The lowest BCUT2D eigenvalue weighted by atomic mass is 9.97. The molecule has 0 bridgehead atoms. The molecule has 1 aromatic carbocycles. The second kappa shape index (κ2) is 17.3. The number of allylic oxidation sites excluding steroid dienone is 3. The number of anilines is 2. The summed E-state index contributed by atoms with van der Waals surface area (Å²) in [6, 6.07) is 9.46. The number of hydrogen-bond acceptors (Lipinski definition) is 5. The first kappa shape index (κ1) is 31.9. The molecular formula is C29H39F3N2O3. The van der Waals surface area contributed by atoms with Crippen molar-refractivity contribution in [3.05, 3.63) is 66.9 Å². The molecule has 0 spiro atoms. The molecule has 0 unspecified atom stereocenters. The van der Waals surface area contributed by atoms with E-state index in [1.54, 1.807) is 6.20 Å². The summed E-state index contributed by atoms with van der Waals surface area (Å²) in [5.74, 6) is 0.565. The summed E-state index contributed by atoms with van der Waals surface area (Å²) in [6.07, 6.45) is 8.42. The van der Waals surface area contributed by atoms with E-state index < -0.39 is 6.36 Å². The van der Waals surface area contributed by atoms with Crippen LogP contribution in [-0.2, 0) is 4.79 Å². The van der Waals surface area contributed by atoms with Crippen LogP contribution in [0, 0.1) is 0 Å². The van der Waals surface area contributed by atoms with Crippen LogP contribution in [0.5, 0.6) is 5.75 Å². The monoisotopic (exact) mass is 520 g/mol. The molecule has 0 amide bonds. The van der Waals surface area contributed by atoms with Crippen molar-refractivity contribution >= 4 is 22.9 Å². The van der Waals surface area contributed by atoms with Gasteiger partial charge in [0.25, 0.3) is 0 Å². The Morgan fingerprint density at radius 1 is 1.16 bits per heavy atom. The second-order valence-corrected chi connectivity index (χ2v) is 8.47. The number of carbonyl (C=O) groups excluding carboxylic acids is 1. The summed E-state index contributed by atoms with van der Waals surface area (Å²) in [6.45, 7) is 9.51. The van der Waals surface area contributed by atoms with Gasteiger partial charge in [0.05, 0.1) is 6.10 Å². The Hall–Kier alpha value is -3.13. The topological polar surface area (TPSA) is 71.5 Å². The molecule has 2 N–H and O–H groups in total. The number of ketones is 1. The third kappa shape index (κ3) is 13.7. The van der Waals surface area contributed by atoms with Crippen LogP contribution in [0.25, 0.3) is 5.57 Å². The van der Waals surface area contributed by atoms with E-state index in [-0.39, 0.29) is 17.6 Å². The SMILES string of the molecule is C=CC(=O)CCC.CCC/C=C(/CC)c1cccnc1Nc1ccc(OC(F)(F)F)cc1.OC1CCC1. The van der Waals surface area contributed by atoms with Crippen molar-refractivity contribution in [2.75, 3.05) is 5.32 Å². The van der Waals surface area contributed by atoms with Crippen LogP contribution in [0.15, 0.2) is 61.3 Å². The number of nitrogens with zero attached hydrogens (tertiary/aromatic N) is 1. The molecule has 1 heterocycles. The molecule has 0 aliphatic heterocycles. The van der Waals surface area contributed by atoms with Gasteiger partial charge in [0.1, 0.15) is 11.6 Å². The second-order valence-electron chi connectivity index (χ2n) is 8.47. The predicted molar refractivity (Wildman–Crippen MR) is 144 cm³/mol. The molecule has 1 aliphatic rings. The molecule has 0 saturated heterocycles. The maximum Gasteiger partial charge on any atom is 0.573 e. The van der Waals surface area contributed by atoms with Crippen LogP contribution in [0.2, 0.25) is 0 Å². The summed E-state index contributed by atoms with van der Waals surface area (Å²) in [7, 11) is 0. The number of alkyl halides is 3. The highest BCUT2D eigenvalue weighted by molar-refractivity contribution is 5.88. The molecule has 1 aromatic heterocycles. The van der Waals surface area contributed by atoms with Crippen molar-refractivity contribution in [3.63, 3.8) is 0 Å². The van der Waals surface area contributed by atoms with Gasteiger partial charge in [-0.25, -0.2) is 4.98 Å². The first-order valence-electron chi connectivity index (χ1n) is 12.7. The zero-order valence-corrected chi connectivity index (χ0v) is 22.0. The minimum Gasteiger partial charge on any atom is -0.406 e. The van der Waals surface area contributed by atoms with Gasteiger partial charge in [0.2, 0.25) is 0 Å². The van der Waals surface area contributed by atoms with Crippen molar-refractivity contribution < 1.29 is 27.8 Å². The van der Waals surface area contributed by atoms with E-state index in [0.717, 1.165) is 44.1 Å². The molecule has 2 aromatic rings. The van der Waals surface area contributed by atoms with Crippen LogP contribution in [0.1, 0.15) is 77.7 Å². The van der Waals surface area contributed by atoms with Crippen LogP contribution in [0.4, 0.5) is 24.7 Å². The van der Waals surface area contributed by atoms with Gasteiger partial charge in [0, 0.05) is 23.9 Å². The Bertz CT molecular complexity index is 969. The third-order valence-electron chi connectivity index (χ3n) is 5.36.